The second-order valence-electron chi connectivity index (χ2n) is 25.0. The van der Waals surface area contributed by atoms with Crippen LogP contribution in [0.1, 0.15) is 106 Å². The van der Waals surface area contributed by atoms with Gasteiger partial charge in [0.1, 0.15) is 26.2 Å². The molecule has 0 amide bonds. The van der Waals surface area contributed by atoms with Crippen molar-refractivity contribution < 1.29 is 13.2 Å². The summed E-state index contributed by atoms with van der Waals surface area (Å²) in [5, 5.41) is 0. The molecule has 0 unspecified atom stereocenters. The van der Waals surface area contributed by atoms with Crippen LogP contribution in [0.25, 0.3) is 66.8 Å². The second kappa shape index (κ2) is 47.8. The molecule has 0 saturated carbocycles. The van der Waals surface area contributed by atoms with E-state index in [1.165, 1.54) is 0 Å². The van der Waals surface area contributed by atoms with Gasteiger partial charge in [0, 0.05) is 79.6 Å². The van der Waals surface area contributed by atoms with Gasteiger partial charge >= 0.3 is 6.18 Å². The van der Waals surface area contributed by atoms with Crippen molar-refractivity contribution in [1.29, 1.82) is 0 Å². The van der Waals surface area contributed by atoms with Gasteiger partial charge in [-0.3, -0.25) is 4.99 Å². The highest BCUT2D eigenvalue weighted by molar-refractivity contribution is 5.82. The maximum Gasteiger partial charge on any atom is 0.416 e. The highest BCUT2D eigenvalue weighted by Crippen LogP contribution is 2.38. The molecule has 17 nitrogen and oxygen atoms in total. The van der Waals surface area contributed by atoms with Crippen LogP contribution in [0, 0.1) is 142 Å². The van der Waals surface area contributed by atoms with E-state index in [0.29, 0.717) is 76.4 Å². The quantitative estimate of drug-likeness (QED) is 0.0345. The van der Waals surface area contributed by atoms with Crippen LogP contribution in [0.5, 0.6) is 0 Å². The summed E-state index contributed by atoms with van der Waals surface area (Å²) in [4.78, 5) is 15.9. The van der Waals surface area contributed by atoms with Gasteiger partial charge in [-0.15, -0.1) is 0 Å². The van der Waals surface area contributed by atoms with E-state index in [1.54, 1.807) is 49.4 Å². The highest BCUT2D eigenvalue weighted by Gasteiger charge is 2.32. The lowest BCUT2D eigenvalue weighted by Crippen LogP contribution is -2.22. The molecule has 0 aliphatic carbocycles. The molecule has 0 spiro atoms. The zero-order valence-electron chi connectivity index (χ0n) is 65.7. The van der Waals surface area contributed by atoms with Crippen molar-refractivity contribution in [2.24, 2.45) is 94.5 Å². The molecule has 0 aliphatic rings. The van der Waals surface area contributed by atoms with Gasteiger partial charge in [-0.1, -0.05) is 192 Å². The normalized spacial score (nSPS) is 9.75. The summed E-state index contributed by atoms with van der Waals surface area (Å²) in [6.07, 6.45) is -3.13. The van der Waals surface area contributed by atoms with Gasteiger partial charge in [-0.05, 0) is 213 Å². The first-order valence-corrected chi connectivity index (χ1v) is 36.9. The summed E-state index contributed by atoms with van der Waals surface area (Å²) in [6, 6.07) is 54.8. The Morgan fingerprint density at radius 2 is 0.441 bits per heavy atom. The monoisotopic (exact) mass is 1560 g/mol. The van der Waals surface area contributed by atoms with Gasteiger partial charge in [0.25, 0.3) is 0 Å². The fraction of sp³-hybridized carbons (Fsp3) is 0.163. The largest absolute Gasteiger partial charge is 0.416 e. The van der Waals surface area contributed by atoms with E-state index in [-0.39, 0.29) is 63.7 Å². The number of nitrogens with zero attached hydrogens (tertiary/aromatic N) is 4. The van der Waals surface area contributed by atoms with Gasteiger partial charge in [-0.2, -0.15) is 13.2 Å². The number of nitrogens with two attached hydrogens (primary N) is 13. The Kier molecular flexibility index (Phi) is 36.3. The lowest BCUT2D eigenvalue weighted by molar-refractivity contribution is -0.137. The van der Waals surface area contributed by atoms with Crippen LogP contribution in [-0.4, -0.2) is 89.2 Å². The van der Waals surface area contributed by atoms with Crippen LogP contribution < -0.4 is 74.5 Å². The zero-order valence-corrected chi connectivity index (χ0v) is 65.7. The lowest BCUT2D eigenvalue weighted by Gasteiger charge is -2.14. The van der Waals surface area contributed by atoms with Crippen molar-refractivity contribution in [1.82, 2.24) is 0 Å². The summed E-state index contributed by atoms with van der Waals surface area (Å²) < 4.78 is 42.1. The molecule has 0 bridgehead atoms. The maximum absolute atomic E-state index is 14.0. The molecule has 20 heteroatoms. The molecule has 0 saturated heterocycles. The third-order valence-electron chi connectivity index (χ3n) is 15.8. The molecule has 0 aromatic heterocycles. The van der Waals surface area contributed by atoms with E-state index in [1.807, 2.05) is 86.6 Å². The van der Waals surface area contributed by atoms with Crippen LogP contribution in [0.15, 0.2) is 196 Å². The molecule has 0 radical (unpaired) electrons. The molecule has 9 rings (SSSR count). The molecule has 118 heavy (non-hydrogen) atoms. The zero-order chi connectivity index (χ0) is 85.0. The molecule has 26 N–H and O–H groups in total. The molecular formula is C98H88F3N17. The average molecular weight is 1560 g/mol. The highest BCUT2D eigenvalue weighted by atomic mass is 19.4. The predicted molar refractivity (Wildman–Crippen MR) is 479 cm³/mol. The molecule has 9 aromatic carbocycles. The van der Waals surface area contributed by atoms with Gasteiger partial charge in [0.05, 0.1) is 50.7 Å². The Balaban J connectivity index is 0.000000247. The Labute approximate surface area is 689 Å². The first-order valence-electron chi connectivity index (χ1n) is 36.9. The van der Waals surface area contributed by atoms with Crippen molar-refractivity contribution in [3.8, 4) is 209 Å². The van der Waals surface area contributed by atoms with Crippen molar-refractivity contribution in [2.75, 3.05) is 65.4 Å². The third-order valence-corrected chi connectivity index (χ3v) is 15.8. The number of aliphatic imine (C=N–C) groups is 4. The molecule has 0 aliphatic heterocycles. The van der Waals surface area contributed by atoms with Gasteiger partial charge in [0.15, 0.2) is 17.9 Å². The maximum atomic E-state index is 14.0. The molecule has 586 valence electrons. The molecule has 9 aromatic rings. The SMILES string of the molecule is CC(N)=NCC#Cc1cc(C#CCN=C(N)N)cc(-c2cccc(-c3cc(C#CCN=C(N)N)cc(C#CCN=C(N)N)c3)c2)c1.CCC#Cc1cc(C#CCN)cc(-c2cc(-c3cc(C#CCN)cc(C#CCN)c3)cc(C(F)(F)F)c2)c1.CCC#Cc1cc(C#CCN)cc(-c2cccc(-c3cc(C#CCN)cc(C#CCN)c3)c2)c1. The molecular weight excluding hydrogens is 1470 g/mol. The van der Waals surface area contributed by atoms with Crippen molar-refractivity contribution >= 4 is 23.7 Å². The first kappa shape index (κ1) is 89.7. The Bertz CT molecular complexity index is 5490. The first-order chi connectivity index (χ1) is 57.0. The minimum absolute atomic E-state index is 0.0196. The van der Waals surface area contributed by atoms with Gasteiger partial charge in [-0.25, -0.2) is 15.0 Å². The fourth-order valence-corrected chi connectivity index (χ4v) is 10.9. The van der Waals surface area contributed by atoms with Crippen LogP contribution in [0.4, 0.5) is 13.2 Å². The number of guanidine groups is 3. The van der Waals surface area contributed by atoms with E-state index in [0.717, 1.165) is 108 Å². The number of benzene rings is 9. The van der Waals surface area contributed by atoms with Crippen LogP contribution >= 0.6 is 0 Å². The second-order valence-corrected chi connectivity index (χ2v) is 25.0. The number of rotatable bonds is 10. The van der Waals surface area contributed by atoms with E-state index in [2.05, 4.69) is 211 Å². The van der Waals surface area contributed by atoms with Gasteiger partial charge in [0.2, 0.25) is 0 Å². The smallest absolute Gasteiger partial charge is 0.388 e. The number of hydrogen-bond donors (Lipinski definition) is 13. The summed E-state index contributed by atoms with van der Waals surface area (Å²) in [6.45, 7) is 7.85. The summed E-state index contributed by atoms with van der Waals surface area (Å²) in [5.74, 6) is 72.6. The molecule has 0 heterocycles. The number of hydrogen-bond acceptors (Lipinski definition) is 10. The lowest BCUT2D eigenvalue weighted by atomic mass is 9.92. The van der Waals surface area contributed by atoms with Crippen LogP contribution in [0.3, 0.4) is 0 Å². The fourth-order valence-electron chi connectivity index (χ4n) is 10.9. The standard InChI is InChI=1S/C35H35N11.C32H26F3N3.C31H27N3/c1-24(36)43-13-3-7-25-17-26(8-4-14-44-33(37)38)20-31(19-25)29-11-2-12-30(23-29)32-21-27(9-5-15-45-34(39)40)18-28(22-32)10-6-16-46-35(41)42;1-2-3-7-23-14-24(8-4-11-36)17-27(16-23)29-20-30(22-31(21-29)32(33,34)35)28-18-25(9-5-12-37)15-26(19-28)10-6-13-38;1-2-3-8-24-17-25(9-5-14-32)20-30(19-24)28-12-4-13-29(23-28)31-21-26(10-6-15-33)18-27(22-31)11-7-16-34/h2,11-12,17-23H,13-16H2,1H3,(H2,36,43)(H4,37,38,44)(H4,39,40,45)(H4,41,42,46);14-22H,2,11-13,36-38H2,1H3;4,12-13,17-23H,2,14-16,32-34H2,1H3. The van der Waals surface area contributed by atoms with Crippen molar-refractivity contribution in [3.05, 3.63) is 248 Å². The van der Waals surface area contributed by atoms with Crippen molar-refractivity contribution in [2.45, 2.75) is 39.8 Å². The topological polar surface area (TPSA) is 388 Å². The summed E-state index contributed by atoms with van der Waals surface area (Å²) >= 11 is 0. The van der Waals surface area contributed by atoms with E-state index < -0.39 is 11.7 Å². The van der Waals surface area contributed by atoms with Crippen molar-refractivity contribution in [3.63, 3.8) is 0 Å². The summed E-state index contributed by atoms with van der Waals surface area (Å²) in [5.41, 5.74) is 89.5. The van der Waals surface area contributed by atoms with E-state index in [4.69, 9.17) is 74.5 Å². The van der Waals surface area contributed by atoms with Gasteiger partial charge < -0.3 is 74.5 Å². The minimum Gasteiger partial charge on any atom is -0.388 e. The predicted octanol–water partition coefficient (Wildman–Crippen LogP) is 9.07. The van der Waals surface area contributed by atoms with Crippen LogP contribution in [0.2, 0.25) is 0 Å². The van der Waals surface area contributed by atoms with E-state index >= 15 is 0 Å². The number of amidine groups is 1. The Morgan fingerprint density at radius 1 is 0.254 bits per heavy atom. The van der Waals surface area contributed by atoms with E-state index in [9.17, 15) is 13.2 Å². The Morgan fingerprint density at radius 3 is 0.636 bits per heavy atom. The number of alkyl halides is 3. The third kappa shape index (κ3) is 31.2. The molecule has 0 fully saturated rings. The average Bonchev–Trinajstić information content (AvgIpc) is 0.870. The summed E-state index contributed by atoms with van der Waals surface area (Å²) in [7, 11) is 0. The van der Waals surface area contributed by atoms with Crippen LogP contribution in [-0.2, 0) is 6.18 Å². The number of halogens is 3. The minimum atomic E-state index is -4.56. The Hall–Kier alpha value is -15.5. The molecule has 0 atom stereocenters.